The van der Waals surface area contributed by atoms with E-state index in [9.17, 15) is 23.1 Å². The number of rotatable bonds is 8. The number of nitrogens with zero attached hydrogens (tertiary/aromatic N) is 2. The molecule has 0 atom stereocenters. The third-order valence-corrected chi connectivity index (χ3v) is 5.21. The molecule has 0 saturated carbocycles. The fraction of sp³-hybridized carbons (Fsp3) is 0.353. The molecule has 8 nitrogen and oxygen atoms in total. The van der Waals surface area contributed by atoms with Crippen LogP contribution in [0.3, 0.4) is 0 Å². The maximum atomic E-state index is 12.0. The molecule has 0 aliphatic carbocycles. The zero-order valence-electron chi connectivity index (χ0n) is 14.6. The second-order valence-corrected chi connectivity index (χ2v) is 7.54. The number of carbonyl (C=O) groups excluding carboxylic acids is 1. The van der Waals surface area contributed by atoms with Crippen molar-refractivity contribution in [3.05, 3.63) is 47.5 Å². The molecule has 1 amide bonds. The fourth-order valence-electron chi connectivity index (χ4n) is 2.50. The monoisotopic (exact) mass is 379 g/mol. The number of carboxylic acids is 1. The molecule has 0 radical (unpaired) electrons. The van der Waals surface area contributed by atoms with Crippen molar-refractivity contribution in [2.75, 3.05) is 0 Å². The highest BCUT2D eigenvalue weighted by Gasteiger charge is 2.17. The van der Waals surface area contributed by atoms with Crippen molar-refractivity contribution in [2.45, 2.75) is 44.6 Å². The lowest BCUT2D eigenvalue weighted by atomic mass is 10.2. The molecule has 2 aromatic rings. The van der Waals surface area contributed by atoms with E-state index in [1.165, 1.54) is 18.3 Å². The van der Waals surface area contributed by atoms with Gasteiger partial charge in [0, 0.05) is 19.9 Å². The third kappa shape index (κ3) is 4.69. The number of carboxylic acid groups (broad SMARTS) is 1. The Kier molecular flexibility index (Phi) is 6.14. The topological polar surface area (TPSA) is 118 Å². The van der Waals surface area contributed by atoms with Crippen LogP contribution in [0.15, 0.2) is 35.4 Å². The van der Waals surface area contributed by atoms with Crippen molar-refractivity contribution in [1.29, 1.82) is 0 Å². The molecule has 1 aromatic heterocycles. The summed E-state index contributed by atoms with van der Waals surface area (Å²) in [7, 11) is -3.89. The number of amides is 1. The highest BCUT2D eigenvalue weighted by Crippen LogP contribution is 2.15. The van der Waals surface area contributed by atoms with E-state index in [1.807, 2.05) is 11.6 Å². The van der Waals surface area contributed by atoms with Crippen molar-refractivity contribution in [3.63, 3.8) is 0 Å². The predicted molar refractivity (Wildman–Crippen MR) is 94.3 cm³/mol. The molecule has 9 heteroatoms. The number of aromatic carboxylic acids is 1. The first kappa shape index (κ1) is 19.6. The van der Waals surface area contributed by atoms with Gasteiger partial charge < -0.3 is 9.67 Å². The first-order valence-electron chi connectivity index (χ1n) is 8.14. The Bertz CT molecular complexity index is 901. The van der Waals surface area contributed by atoms with Crippen molar-refractivity contribution in [2.24, 2.45) is 0 Å². The largest absolute Gasteiger partial charge is 0.477 e. The molecule has 1 aromatic carbocycles. The normalized spacial score (nSPS) is 11.3. The number of benzene rings is 1. The minimum absolute atomic E-state index is 0.0354. The van der Waals surface area contributed by atoms with Gasteiger partial charge in [0.15, 0.2) is 0 Å². The molecular formula is C17H21N3O5S. The SMILES string of the molecule is CCCCc1ncc(C(=O)O)n1Cc1ccc(S(=O)(=O)NC(C)=O)cc1. The molecule has 1 heterocycles. The average Bonchev–Trinajstić information content (AvgIpc) is 2.95. The van der Waals surface area contributed by atoms with Crippen LogP contribution < -0.4 is 4.72 Å². The Morgan fingerprint density at radius 2 is 1.88 bits per heavy atom. The van der Waals surface area contributed by atoms with Crippen LogP contribution in [0.5, 0.6) is 0 Å². The number of aromatic nitrogens is 2. The number of hydrogen-bond acceptors (Lipinski definition) is 5. The van der Waals surface area contributed by atoms with Gasteiger partial charge in [-0.3, -0.25) is 4.79 Å². The van der Waals surface area contributed by atoms with Gasteiger partial charge in [-0.05, 0) is 24.1 Å². The van der Waals surface area contributed by atoms with Crippen molar-refractivity contribution in [3.8, 4) is 0 Å². The van der Waals surface area contributed by atoms with Crippen LogP contribution in [0.4, 0.5) is 0 Å². The molecule has 0 aliphatic heterocycles. The van der Waals surface area contributed by atoms with Gasteiger partial charge >= 0.3 is 5.97 Å². The standard InChI is InChI=1S/C17H21N3O5S/c1-3-4-5-16-18-10-15(17(22)23)20(16)11-13-6-8-14(9-7-13)26(24,25)19-12(2)21/h6-10H,3-5,11H2,1-2H3,(H,19,21)(H,22,23). The summed E-state index contributed by atoms with van der Waals surface area (Å²) in [6.07, 6.45) is 3.86. The second kappa shape index (κ2) is 8.13. The van der Waals surface area contributed by atoms with Crippen molar-refractivity contribution in [1.82, 2.24) is 14.3 Å². The van der Waals surface area contributed by atoms with Gasteiger partial charge in [0.05, 0.1) is 11.1 Å². The number of nitrogens with one attached hydrogen (secondary N) is 1. The van der Waals surface area contributed by atoms with Crippen LogP contribution in [-0.4, -0.2) is 35.0 Å². The number of sulfonamides is 1. The lowest BCUT2D eigenvalue weighted by molar-refractivity contribution is -0.117. The summed E-state index contributed by atoms with van der Waals surface area (Å²) in [5, 5.41) is 9.34. The molecule has 0 spiro atoms. The Hall–Kier alpha value is -2.68. The van der Waals surface area contributed by atoms with Gasteiger partial charge in [-0.1, -0.05) is 25.5 Å². The molecule has 0 fully saturated rings. The first-order valence-corrected chi connectivity index (χ1v) is 9.63. The predicted octanol–water partition coefficient (Wildman–Crippen LogP) is 1.80. The van der Waals surface area contributed by atoms with Crippen LogP contribution in [-0.2, 0) is 27.8 Å². The minimum atomic E-state index is -3.89. The molecule has 0 aliphatic rings. The van der Waals surface area contributed by atoms with Gasteiger partial charge in [0.2, 0.25) is 5.91 Å². The number of hydrogen-bond donors (Lipinski definition) is 2. The zero-order chi connectivity index (χ0) is 19.3. The van der Waals surface area contributed by atoms with E-state index < -0.39 is 21.9 Å². The Balaban J connectivity index is 2.27. The summed E-state index contributed by atoms with van der Waals surface area (Å²) in [5.41, 5.74) is 0.816. The van der Waals surface area contributed by atoms with Crippen molar-refractivity contribution < 1.29 is 23.1 Å². The molecule has 2 N–H and O–H groups in total. The van der Waals surface area contributed by atoms with Crippen LogP contribution in [0, 0.1) is 0 Å². The van der Waals surface area contributed by atoms with Gasteiger partial charge in [0.1, 0.15) is 11.5 Å². The lowest BCUT2D eigenvalue weighted by Crippen LogP contribution is -2.28. The molecule has 26 heavy (non-hydrogen) atoms. The summed E-state index contributed by atoms with van der Waals surface area (Å²) in [4.78, 5) is 26.6. The van der Waals surface area contributed by atoms with E-state index in [4.69, 9.17) is 0 Å². The summed E-state index contributed by atoms with van der Waals surface area (Å²) in [6, 6.07) is 5.93. The second-order valence-electron chi connectivity index (χ2n) is 5.86. The van der Waals surface area contributed by atoms with E-state index in [1.54, 1.807) is 16.7 Å². The van der Waals surface area contributed by atoms with E-state index in [0.717, 1.165) is 25.3 Å². The number of aryl methyl sites for hydroxylation is 1. The highest BCUT2D eigenvalue weighted by atomic mass is 32.2. The van der Waals surface area contributed by atoms with Gasteiger partial charge in [-0.15, -0.1) is 0 Å². The number of imidazole rings is 1. The summed E-state index contributed by atoms with van der Waals surface area (Å²) >= 11 is 0. The highest BCUT2D eigenvalue weighted by molar-refractivity contribution is 7.90. The third-order valence-electron chi connectivity index (χ3n) is 3.76. The molecule has 0 bridgehead atoms. The van der Waals surface area contributed by atoms with Crippen LogP contribution in [0.25, 0.3) is 0 Å². The van der Waals surface area contributed by atoms with E-state index >= 15 is 0 Å². The van der Waals surface area contributed by atoms with Crippen LogP contribution in [0.1, 0.15) is 48.6 Å². The lowest BCUT2D eigenvalue weighted by Gasteiger charge is -2.11. The van der Waals surface area contributed by atoms with E-state index in [-0.39, 0.29) is 17.1 Å². The molecule has 140 valence electrons. The Morgan fingerprint density at radius 1 is 1.23 bits per heavy atom. The Labute approximate surface area is 151 Å². The van der Waals surface area contributed by atoms with E-state index in [2.05, 4.69) is 4.98 Å². The summed E-state index contributed by atoms with van der Waals surface area (Å²) in [6.45, 7) is 3.43. The average molecular weight is 379 g/mol. The molecule has 2 rings (SSSR count). The maximum Gasteiger partial charge on any atom is 0.354 e. The van der Waals surface area contributed by atoms with E-state index in [0.29, 0.717) is 12.2 Å². The van der Waals surface area contributed by atoms with Crippen LogP contribution in [0.2, 0.25) is 0 Å². The number of unbranched alkanes of at least 4 members (excludes halogenated alkanes) is 1. The fourth-order valence-corrected chi connectivity index (χ4v) is 3.49. The summed E-state index contributed by atoms with van der Waals surface area (Å²) < 4.78 is 27.4. The number of carbonyl (C=O) groups is 2. The molecule has 0 unspecified atom stereocenters. The van der Waals surface area contributed by atoms with Gasteiger partial charge in [-0.25, -0.2) is 22.9 Å². The quantitative estimate of drug-likeness (QED) is 0.722. The van der Waals surface area contributed by atoms with Crippen molar-refractivity contribution >= 4 is 21.9 Å². The first-order chi connectivity index (χ1) is 12.2. The van der Waals surface area contributed by atoms with Gasteiger partial charge in [0.25, 0.3) is 10.0 Å². The Morgan fingerprint density at radius 3 is 2.42 bits per heavy atom. The molecular weight excluding hydrogens is 358 g/mol. The van der Waals surface area contributed by atoms with Gasteiger partial charge in [-0.2, -0.15) is 0 Å². The summed E-state index contributed by atoms with van der Waals surface area (Å²) in [5.74, 6) is -1.05. The van der Waals surface area contributed by atoms with Crippen LogP contribution >= 0.6 is 0 Å². The smallest absolute Gasteiger partial charge is 0.354 e. The minimum Gasteiger partial charge on any atom is -0.477 e. The molecule has 0 saturated heterocycles. The zero-order valence-corrected chi connectivity index (χ0v) is 15.4. The maximum absolute atomic E-state index is 12.0.